The number of aromatic nitrogens is 1. The van der Waals surface area contributed by atoms with Gasteiger partial charge in [0, 0.05) is 28.8 Å². The van der Waals surface area contributed by atoms with E-state index in [1.165, 1.54) is 0 Å². The van der Waals surface area contributed by atoms with Crippen LogP contribution in [-0.4, -0.2) is 16.6 Å². The number of nitrogens with two attached hydrogens (primary N) is 1. The topological polar surface area (TPSA) is 68.0 Å². The van der Waals surface area contributed by atoms with Gasteiger partial charge in [0.15, 0.2) is 0 Å². The Hall–Kier alpha value is -1.24. The lowest BCUT2D eigenvalue weighted by Gasteiger charge is -2.08. The van der Waals surface area contributed by atoms with Gasteiger partial charge in [-0.25, -0.2) is 4.98 Å². The fraction of sp³-hybridized carbons (Fsp3) is 0.167. The third kappa shape index (κ3) is 4.41. The van der Waals surface area contributed by atoms with Crippen molar-refractivity contribution in [3.8, 4) is 0 Å². The van der Waals surface area contributed by atoms with Crippen molar-refractivity contribution < 1.29 is 4.79 Å². The number of benzene rings is 1. The van der Waals surface area contributed by atoms with Crippen LogP contribution in [-0.2, 0) is 4.79 Å². The fourth-order valence-corrected chi connectivity index (χ4v) is 3.18. The molecule has 0 saturated carbocycles. The van der Waals surface area contributed by atoms with Crippen LogP contribution in [0.1, 0.15) is 6.42 Å². The molecule has 1 aromatic heterocycles. The molecule has 0 aliphatic rings. The third-order valence-corrected chi connectivity index (χ3v) is 4.46. The van der Waals surface area contributed by atoms with Crippen LogP contribution in [0.25, 0.3) is 0 Å². The maximum absolute atomic E-state index is 11.8. The molecule has 1 aromatic carbocycles. The van der Waals surface area contributed by atoms with Gasteiger partial charge in [-0.3, -0.25) is 4.79 Å². The predicted octanol–water partition coefficient (Wildman–Crippen LogP) is 3.50. The third-order valence-electron chi connectivity index (χ3n) is 2.25. The molecule has 2 aromatic rings. The van der Waals surface area contributed by atoms with Crippen molar-refractivity contribution in [2.24, 2.45) is 0 Å². The first-order valence-corrected chi connectivity index (χ1v) is 7.76. The maximum atomic E-state index is 11.8. The van der Waals surface area contributed by atoms with Crippen LogP contribution in [0, 0.1) is 0 Å². The number of halogens is 1. The van der Waals surface area contributed by atoms with E-state index in [4.69, 9.17) is 17.3 Å². The van der Waals surface area contributed by atoms with Crippen LogP contribution >= 0.6 is 34.7 Å². The van der Waals surface area contributed by atoms with Crippen LogP contribution in [0.3, 0.4) is 0 Å². The summed E-state index contributed by atoms with van der Waals surface area (Å²) in [6.07, 6.45) is 2.15. The van der Waals surface area contributed by atoms with Crippen molar-refractivity contribution in [2.75, 3.05) is 16.8 Å². The van der Waals surface area contributed by atoms with Gasteiger partial charge in [-0.2, -0.15) is 0 Å². The minimum absolute atomic E-state index is 0.0852. The van der Waals surface area contributed by atoms with Gasteiger partial charge in [-0.1, -0.05) is 23.4 Å². The van der Waals surface area contributed by atoms with Gasteiger partial charge >= 0.3 is 0 Å². The minimum atomic E-state index is -0.0852. The number of nitrogens with zero attached hydrogens (tertiary/aromatic N) is 1. The van der Waals surface area contributed by atoms with Gasteiger partial charge in [0.2, 0.25) is 5.91 Å². The maximum Gasteiger partial charge on any atom is 0.225 e. The van der Waals surface area contributed by atoms with Gasteiger partial charge < -0.3 is 11.1 Å². The Balaban J connectivity index is 1.82. The number of amides is 1. The molecule has 3 N–H and O–H groups in total. The minimum Gasteiger partial charge on any atom is -0.397 e. The van der Waals surface area contributed by atoms with E-state index < -0.39 is 0 Å². The van der Waals surface area contributed by atoms with E-state index in [2.05, 4.69) is 10.3 Å². The standard InChI is InChI=1S/C12H12ClN3OS2/c13-8-1-2-9(14)10(7-8)16-11(17)3-5-18-12-15-4-6-19-12/h1-2,4,6-7H,3,5,14H2,(H,16,17). The second-order valence-electron chi connectivity index (χ2n) is 3.68. The van der Waals surface area contributed by atoms with Crippen molar-refractivity contribution >= 4 is 52.0 Å². The SMILES string of the molecule is Nc1ccc(Cl)cc1NC(=O)CCSc1nccs1. The second kappa shape index (κ2) is 6.79. The summed E-state index contributed by atoms with van der Waals surface area (Å²) >= 11 is 8.98. The molecule has 1 heterocycles. The highest BCUT2D eigenvalue weighted by atomic mass is 35.5. The Morgan fingerprint density at radius 1 is 1.53 bits per heavy atom. The highest BCUT2D eigenvalue weighted by molar-refractivity contribution is 8.01. The first kappa shape index (κ1) is 14.2. The molecule has 0 aliphatic heterocycles. The van der Waals surface area contributed by atoms with E-state index in [9.17, 15) is 4.79 Å². The Morgan fingerprint density at radius 2 is 2.37 bits per heavy atom. The van der Waals surface area contributed by atoms with E-state index in [0.29, 0.717) is 28.6 Å². The molecular formula is C12H12ClN3OS2. The summed E-state index contributed by atoms with van der Waals surface area (Å²) in [4.78, 5) is 15.9. The Morgan fingerprint density at radius 3 is 3.11 bits per heavy atom. The normalized spacial score (nSPS) is 10.4. The van der Waals surface area contributed by atoms with Crippen LogP contribution in [0.5, 0.6) is 0 Å². The second-order valence-corrected chi connectivity index (χ2v) is 6.35. The molecule has 0 atom stereocenters. The molecule has 0 spiro atoms. The average molecular weight is 314 g/mol. The van der Waals surface area contributed by atoms with E-state index in [1.807, 2.05) is 5.38 Å². The smallest absolute Gasteiger partial charge is 0.225 e. The highest BCUT2D eigenvalue weighted by Gasteiger charge is 2.06. The molecule has 1 amide bonds. The van der Waals surface area contributed by atoms with Gasteiger partial charge in [0.25, 0.3) is 0 Å². The van der Waals surface area contributed by atoms with Gasteiger partial charge in [-0.05, 0) is 18.2 Å². The highest BCUT2D eigenvalue weighted by Crippen LogP contribution is 2.24. The fourth-order valence-electron chi connectivity index (χ4n) is 1.36. The lowest BCUT2D eigenvalue weighted by atomic mass is 10.2. The number of anilines is 2. The molecule has 100 valence electrons. The zero-order valence-corrected chi connectivity index (χ0v) is 12.3. The lowest BCUT2D eigenvalue weighted by Crippen LogP contribution is -2.13. The number of nitrogen functional groups attached to an aromatic ring is 1. The zero-order valence-electron chi connectivity index (χ0n) is 9.93. The molecule has 7 heteroatoms. The number of carbonyl (C=O) groups excluding carboxylic acids is 1. The van der Waals surface area contributed by atoms with Gasteiger partial charge in [-0.15, -0.1) is 11.3 Å². The molecule has 0 aliphatic carbocycles. The number of hydrogen-bond donors (Lipinski definition) is 2. The van der Waals surface area contributed by atoms with Crippen molar-refractivity contribution in [3.63, 3.8) is 0 Å². The number of thioether (sulfide) groups is 1. The Kier molecular flexibility index (Phi) is 5.07. The number of thiazole rings is 1. The lowest BCUT2D eigenvalue weighted by molar-refractivity contribution is -0.115. The first-order valence-electron chi connectivity index (χ1n) is 5.52. The molecule has 4 nitrogen and oxygen atoms in total. The number of hydrogen-bond acceptors (Lipinski definition) is 5. The van der Waals surface area contributed by atoms with Crippen molar-refractivity contribution in [1.82, 2.24) is 4.98 Å². The number of rotatable bonds is 5. The van der Waals surface area contributed by atoms with Gasteiger partial charge in [0.05, 0.1) is 11.4 Å². The van der Waals surface area contributed by atoms with Crippen molar-refractivity contribution in [2.45, 2.75) is 10.8 Å². The summed E-state index contributed by atoms with van der Waals surface area (Å²) in [6.45, 7) is 0. The van der Waals surface area contributed by atoms with Crippen molar-refractivity contribution in [1.29, 1.82) is 0 Å². The van der Waals surface area contributed by atoms with E-state index >= 15 is 0 Å². The quantitative estimate of drug-likeness (QED) is 0.655. The zero-order chi connectivity index (χ0) is 13.7. The monoisotopic (exact) mass is 313 g/mol. The molecule has 0 fully saturated rings. The molecule has 19 heavy (non-hydrogen) atoms. The summed E-state index contributed by atoms with van der Waals surface area (Å²) in [7, 11) is 0. The molecule has 0 saturated heterocycles. The molecular weight excluding hydrogens is 302 g/mol. The summed E-state index contributed by atoms with van der Waals surface area (Å²) in [5.74, 6) is 0.595. The average Bonchev–Trinajstić information content (AvgIpc) is 2.87. The van der Waals surface area contributed by atoms with E-state index in [-0.39, 0.29) is 5.91 Å². The summed E-state index contributed by atoms with van der Waals surface area (Å²) in [5, 5.41) is 5.21. The molecule has 2 rings (SSSR count). The Labute approximate surface area is 124 Å². The van der Waals surface area contributed by atoms with Crippen LogP contribution < -0.4 is 11.1 Å². The molecule has 0 bridgehead atoms. The van der Waals surface area contributed by atoms with Crippen molar-refractivity contribution in [3.05, 3.63) is 34.8 Å². The predicted molar refractivity (Wildman–Crippen MR) is 81.9 cm³/mol. The van der Waals surface area contributed by atoms with Crippen LogP contribution in [0.4, 0.5) is 11.4 Å². The Bertz CT molecular complexity index is 560. The summed E-state index contributed by atoms with van der Waals surface area (Å²) in [6, 6.07) is 5.00. The van der Waals surface area contributed by atoms with E-state index in [1.54, 1.807) is 47.5 Å². The van der Waals surface area contributed by atoms with Crippen LogP contribution in [0.2, 0.25) is 5.02 Å². The molecule has 0 unspecified atom stereocenters. The summed E-state index contributed by atoms with van der Waals surface area (Å²) in [5.41, 5.74) is 6.81. The van der Waals surface area contributed by atoms with Crippen LogP contribution in [0.15, 0.2) is 34.1 Å². The summed E-state index contributed by atoms with van der Waals surface area (Å²) < 4.78 is 0.968. The van der Waals surface area contributed by atoms with Gasteiger partial charge in [0.1, 0.15) is 4.34 Å². The molecule has 0 radical (unpaired) electrons. The van der Waals surface area contributed by atoms with E-state index in [0.717, 1.165) is 4.34 Å². The largest absolute Gasteiger partial charge is 0.397 e. The first-order chi connectivity index (χ1) is 9.15. The number of nitrogens with one attached hydrogen (secondary N) is 1. The number of carbonyl (C=O) groups is 1.